The molecule has 0 radical (unpaired) electrons. The molecule has 0 N–H and O–H groups in total. The van der Waals surface area contributed by atoms with E-state index in [4.69, 9.17) is 4.98 Å². The third kappa shape index (κ3) is 3.10. The van der Waals surface area contributed by atoms with Crippen molar-refractivity contribution in [2.45, 2.75) is 25.0 Å². The van der Waals surface area contributed by atoms with Crippen molar-refractivity contribution in [1.29, 1.82) is 0 Å². The number of benzene rings is 2. The van der Waals surface area contributed by atoms with Gasteiger partial charge in [0.15, 0.2) is 0 Å². The van der Waals surface area contributed by atoms with Crippen molar-refractivity contribution in [2.75, 3.05) is 0 Å². The van der Waals surface area contributed by atoms with Crippen LogP contribution in [0.1, 0.15) is 37.5 Å². The van der Waals surface area contributed by atoms with Gasteiger partial charge < -0.3 is 0 Å². The van der Waals surface area contributed by atoms with Gasteiger partial charge >= 0.3 is 152 Å². The summed E-state index contributed by atoms with van der Waals surface area (Å²) in [4.78, 5) is 4.71. The number of rotatable bonds is 1. The fraction of sp³-hybridized carbons (Fsp3) is 0.227. The van der Waals surface area contributed by atoms with Gasteiger partial charge in [0.2, 0.25) is 0 Å². The summed E-state index contributed by atoms with van der Waals surface area (Å²) in [6.07, 6.45) is 4.24. The summed E-state index contributed by atoms with van der Waals surface area (Å²) in [5.41, 5.74) is 6.40. The Hall–Kier alpha value is -1.30. The Kier molecular flexibility index (Phi) is 5.96. The number of pyridine rings is 1. The van der Waals surface area contributed by atoms with Crippen LogP contribution in [0.2, 0.25) is 0 Å². The molecule has 1 unspecified atom stereocenters. The van der Waals surface area contributed by atoms with E-state index in [0.29, 0.717) is 0 Å². The molecule has 0 bridgehead atoms. The number of nitrogens with zero attached hydrogens (tertiary/aromatic N) is 1. The van der Waals surface area contributed by atoms with Crippen LogP contribution in [0, 0.1) is 5.41 Å². The Morgan fingerprint density at radius 1 is 0.846 bits per heavy atom. The number of hydrogen-bond donors (Lipinski definition) is 0. The molecular formula is C22H22Cl2CrN. The predicted molar refractivity (Wildman–Crippen MR) is 111 cm³/mol. The summed E-state index contributed by atoms with van der Waals surface area (Å²) in [7, 11) is 0. The van der Waals surface area contributed by atoms with Crippen LogP contribution < -0.4 is 0 Å². The van der Waals surface area contributed by atoms with Gasteiger partial charge in [0.25, 0.3) is 0 Å². The molecule has 0 saturated heterocycles. The number of hydrogen-bond acceptors (Lipinski definition) is 1. The first-order valence-electron chi connectivity index (χ1n) is 8.29. The predicted octanol–water partition coefficient (Wildman–Crippen LogP) is 6.31. The molecule has 1 atom stereocenters. The second-order valence-corrected chi connectivity index (χ2v) is 8.41. The molecule has 1 nitrogen and oxygen atoms in total. The van der Waals surface area contributed by atoms with Gasteiger partial charge in [0.1, 0.15) is 0 Å². The second-order valence-electron chi connectivity index (χ2n) is 7.46. The van der Waals surface area contributed by atoms with Gasteiger partial charge in [-0.3, -0.25) is 0 Å². The zero-order valence-electron chi connectivity index (χ0n) is 15.0. The van der Waals surface area contributed by atoms with Gasteiger partial charge in [0, 0.05) is 0 Å². The summed E-state index contributed by atoms with van der Waals surface area (Å²) in [6.45, 7) is 6.86. The van der Waals surface area contributed by atoms with E-state index in [1.54, 1.807) is 0 Å². The summed E-state index contributed by atoms with van der Waals surface area (Å²) in [5.74, 6) is 0. The molecular weight excluding hydrogens is 401 g/mol. The number of para-hydroxylation sites is 1. The molecule has 1 heterocycles. The topological polar surface area (TPSA) is 12.9 Å². The largest absolute Gasteiger partial charge is 0.147 e. The van der Waals surface area contributed by atoms with E-state index in [1.165, 1.54) is 27.6 Å². The Bertz CT molecular complexity index is 970. The third-order valence-corrected chi connectivity index (χ3v) is 5.87. The fourth-order valence-electron chi connectivity index (χ4n) is 3.77. The average Bonchev–Trinajstić information content (AvgIpc) is 2.89. The average molecular weight is 423 g/mol. The molecule has 135 valence electrons. The van der Waals surface area contributed by atoms with Crippen molar-refractivity contribution in [1.82, 2.24) is 4.98 Å². The minimum absolute atomic E-state index is 0. The SMILES string of the molecule is CC(C)(C)C1=Cc2ccccc2[C]1([Cr])c1cccc2cccnc12.Cl.Cl. The van der Waals surface area contributed by atoms with Crippen LogP contribution in [-0.2, 0) is 20.6 Å². The van der Waals surface area contributed by atoms with Crippen LogP contribution >= 0.6 is 24.8 Å². The molecule has 0 aliphatic heterocycles. The first-order chi connectivity index (χ1) is 11.4. The Morgan fingerprint density at radius 3 is 2.23 bits per heavy atom. The number of allylic oxidation sites excluding steroid dienone is 1. The third-order valence-electron chi connectivity index (χ3n) is 4.84. The molecule has 0 fully saturated rings. The van der Waals surface area contributed by atoms with Crippen molar-refractivity contribution >= 4 is 41.8 Å². The van der Waals surface area contributed by atoms with E-state index in [0.717, 1.165) is 5.52 Å². The van der Waals surface area contributed by atoms with Gasteiger partial charge in [-0.15, -0.1) is 24.8 Å². The van der Waals surface area contributed by atoms with Crippen LogP contribution in [-0.4, -0.2) is 4.98 Å². The van der Waals surface area contributed by atoms with E-state index < -0.39 is 0 Å². The first-order valence-corrected chi connectivity index (χ1v) is 8.93. The van der Waals surface area contributed by atoms with Crippen molar-refractivity contribution in [3.05, 3.63) is 83.1 Å². The van der Waals surface area contributed by atoms with E-state index in [1.807, 2.05) is 12.3 Å². The summed E-state index contributed by atoms with van der Waals surface area (Å²) in [5, 5.41) is 1.18. The monoisotopic (exact) mass is 422 g/mol. The molecule has 1 aliphatic rings. The van der Waals surface area contributed by atoms with Crippen molar-refractivity contribution in [3.8, 4) is 0 Å². The molecule has 26 heavy (non-hydrogen) atoms. The molecule has 2 aromatic carbocycles. The van der Waals surface area contributed by atoms with Crippen LogP contribution in [0.15, 0.2) is 66.4 Å². The van der Waals surface area contributed by atoms with Crippen LogP contribution in [0.3, 0.4) is 0 Å². The smallest absolute Gasteiger partial charge is 0.147 e. The maximum atomic E-state index is 4.71. The molecule has 1 aliphatic carbocycles. The molecule has 3 aromatic rings. The van der Waals surface area contributed by atoms with E-state index in [-0.39, 0.29) is 34.5 Å². The van der Waals surface area contributed by atoms with Gasteiger partial charge in [-0.25, -0.2) is 0 Å². The van der Waals surface area contributed by atoms with Gasteiger partial charge in [-0.1, -0.05) is 0 Å². The number of aromatic nitrogens is 1. The minimum Gasteiger partial charge on any atom is -0.147 e. The fourth-order valence-corrected chi connectivity index (χ4v) is 4.89. The summed E-state index contributed by atoms with van der Waals surface area (Å²) < 4.78 is -0.275. The number of fused-ring (bicyclic) bond motifs is 2. The maximum absolute atomic E-state index is 4.71. The molecule has 1 aromatic heterocycles. The second kappa shape index (κ2) is 7.37. The minimum atomic E-state index is -0.275. The maximum Gasteiger partial charge on any atom is -0.147 e. The number of halogens is 2. The molecule has 4 heteroatoms. The van der Waals surface area contributed by atoms with E-state index >= 15 is 0 Å². The zero-order valence-corrected chi connectivity index (χ0v) is 17.9. The quantitative estimate of drug-likeness (QED) is 0.447. The standard InChI is InChI=1S/C22H20N.2ClH.Cr/c1-22(2,3)19-14-16-8-4-5-11-17(16)20(19)18-12-6-9-15-10-7-13-23-21(15)18;;;/h4-14H,1-3H3;2*1H;. The molecule has 4 rings (SSSR count). The Labute approximate surface area is 176 Å². The van der Waals surface area contributed by atoms with Gasteiger partial charge in [-0.05, 0) is 0 Å². The Morgan fingerprint density at radius 2 is 1.50 bits per heavy atom. The molecule has 0 saturated carbocycles. The van der Waals surface area contributed by atoms with Gasteiger partial charge in [-0.2, -0.15) is 0 Å². The molecule has 0 amide bonds. The Balaban J connectivity index is 0.00000121. The van der Waals surface area contributed by atoms with Gasteiger partial charge in [0.05, 0.1) is 0 Å². The van der Waals surface area contributed by atoms with E-state index in [9.17, 15) is 0 Å². The van der Waals surface area contributed by atoms with Crippen molar-refractivity contribution in [3.63, 3.8) is 0 Å². The van der Waals surface area contributed by atoms with Crippen LogP contribution in [0.4, 0.5) is 0 Å². The van der Waals surface area contributed by atoms with E-state index in [2.05, 4.69) is 91.7 Å². The normalized spacial score (nSPS) is 18.5. The summed E-state index contributed by atoms with van der Waals surface area (Å²) in [6, 6.07) is 19.3. The van der Waals surface area contributed by atoms with Crippen LogP contribution in [0.25, 0.3) is 17.0 Å². The van der Waals surface area contributed by atoms with Crippen LogP contribution in [0.5, 0.6) is 0 Å². The first kappa shape index (κ1) is 21.0. The zero-order chi connectivity index (χ0) is 16.9. The van der Waals surface area contributed by atoms with Crippen molar-refractivity contribution in [2.24, 2.45) is 5.41 Å². The summed E-state index contributed by atoms with van der Waals surface area (Å²) >= 11 is 3.57. The van der Waals surface area contributed by atoms with Crippen molar-refractivity contribution < 1.29 is 16.3 Å². The molecule has 0 spiro atoms.